The van der Waals surface area contributed by atoms with Crippen LogP contribution in [0.5, 0.6) is 5.75 Å². The van der Waals surface area contributed by atoms with Crippen molar-refractivity contribution in [3.8, 4) is 5.75 Å². The molecule has 6 nitrogen and oxygen atoms in total. The molecule has 1 heterocycles. The lowest BCUT2D eigenvalue weighted by molar-refractivity contribution is 0.0694. The van der Waals surface area contributed by atoms with Crippen LogP contribution in [-0.2, 0) is 6.54 Å². The number of aromatic carboxylic acids is 1. The van der Waals surface area contributed by atoms with Gasteiger partial charge in [-0.05, 0) is 12.1 Å². The van der Waals surface area contributed by atoms with E-state index in [0.29, 0.717) is 5.69 Å². The van der Waals surface area contributed by atoms with Crippen LogP contribution in [0.3, 0.4) is 0 Å². The molecule has 100 valence electrons. The molecule has 1 aromatic carbocycles. The molecule has 19 heavy (non-hydrogen) atoms. The summed E-state index contributed by atoms with van der Waals surface area (Å²) >= 11 is 0. The number of nitrogens with one attached hydrogen (secondary N) is 1. The zero-order chi connectivity index (χ0) is 13.8. The number of hydrogen-bond donors (Lipinski definition) is 2. The number of benzene rings is 1. The normalized spacial score (nSPS) is 10.2. The zero-order valence-electron chi connectivity index (χ0n) is 10.0. The lowest BCUT2D eigenvalue weighted by Gasteiger charge is -2.07. The van der Waals surface area contributed by atoms with E-state index in [1.54, 1.807) is 0 Å². The van der Waals surface area contributed by atoms with Crippen molar-refractivity contribution in [3.63, 3.8) is 0 Å². The number of hydrogen-bond acceptors (Lipinski definition) is 5. The molecule has 0 atom stereocenters. The van der Waals surface area contributed by atoms with Crippen LogP contribution in [0.2, 0.25) is 0 Å². The molecule has 0 aliphatic heterocycles. The minimum Gasteiger partial charge on any atom is -0.494 e. The summed E-state index contributed by atoms with van der Waals surface area (Å²) < 4.78 is 22.9. The fraction of sp³-hybridized carbons (Fsp3) is 0.167. The predicted octanol–water partition coefficient (Wildman–Crippen LogP) is 2.13. The Kier molecular flexibility index (Phi) is 3.65. The molecule has 2 N–H and O–H groups in total. The molecule has 0 radical (unpaired) electrons. The van der Waals surface area contributed by atoms with Crippen LogP contribution in [-0.4, -0.2) is 23.3 Å². The van der Waals surface area contributed by atoms with Crippen molar-refractivity contribution in [2.75, 3.05) is 12.4 Å². The fourth-order valence-electron chi connectivity index (χ4n) is 1.52. The number of rotatable bonds is 5. The SMILES string of the molecule is COc1cc(NCc2oncc2C(=O)O)ccc1F. The molecule has 0 saturated heterocycles. The van der Waals surface area contributed by atoms with Crippen molar-refractivity contribution >= 4 is 11.7 Å². The average Bonchev–Trinajstić information content (AvgIpc) is 2.86. The molecule has 2 aromatic rings. The van der Waals surface area contributed by atoms with Crippen LogP contribution in [0.15, 0.2) is 28.9 Å². The van der Waals surface area contributed by atoms with Crippen molar-refractivity contribution in [3.05, 3.63) is 41.5 Å². The highest BCUT2D eigenvalue weighted by Gasteiger charge is 2.14. The number of carbonyl (C=O) groups is 1. The number of anilines is 1. The molecule has 0 bridgehead atoms. The van der Waals surface area contributed by atoms with Gasteiger partial charge in [0, 0.05) is 11.8 Å². The molecule has 0 amide bonds. The summed E-state index contributed by atoms with van der Waals surface area (Å²) in [7, 11) is 1.36. The summed E-state index contributed by atoms with van der Waals surface area (Å²) in [6.45, 7) is 0.121. The molecule has 2 rings (SSSR count). The van der Waals surface area contributed by atoms with E-state index in [9.17, 15) is 9.18 Å². The molecular weight excluding hydrogens is 255 g/mol. The van der Waals surface area contributed by atoms with Gasteiger partial charge in [0.05, 0.1) is 19.9 Å². The third kappa shape index (κ3) is 2.82. The maximum Gasteiger partial charge on any atom is 0.341 e. The third-order valence-electron chi connectivity index (χ3n) is 2.48. The van der Waals surface area contributed by atoms with Gasteiger partial charge in [-0.2, -0.15) is 0 Å². The van der Waals surface area contributed by atoms with Gasteiger partial charge in [-0.15, -0.1) is 0 Å². The van der Waals surface area contributed by atoms with Crippen LogP contribution < -0.4 is 10.1 Å². The van der Waals surface area contributed by atoms with E-state index < -0.39 is 11.8 Å². The zero-order valence-corrected chi connectivity index (χ0v) is 10.0. The third-order valence-corrected chi connectivity index (χ3v) is 2.48. The molecule has 1 aromatic heterocycles. The van der Waals surface area contributed by atoms with E-state index in [0.717, 1.165) is 6.20 Å². The van der Waals surface area contributed by atoms with Gasteiger partial charge in [-0.3, -0.25) is 0 Å². The number of nitrogens with zero attached hydrogens (tertiary/aromatic N) is 1. The number of halogens is 1. The first kappa shape index (κ1) is 12.9. The van der Waals surface area contributed by atoms with Gasteiger partial charge >= 0.3 is 5.97 Å². The van der Waals surface area contributed by atoms with Gasteiger partial charge in [-0.25, -0.2) is 9.18 Å². The number of aromatic nitrogens is 1. The van der Waals surface area contributed by atoms with Crippen molar-refractivity contribution in [2.24, 2.45) is 0 Å². The average molecular weight is 266 g/mol. The Bertz CT molecular complexity index is 597. The van der Waals surface area contributed by atoms with Crippen molar-refractivity contribution < 1.29 is 23.6 Å². The van der Waals surface area contributed by atoms with Crippen LogP contribution in [0.4, 0.5) is 10.1 Å². The smallest absolute Gasteiger partial charge is 0.341 e. The Hall–Kier alpha value is -2.57. The minimum absolute atomic E-state index is 0.0124. The Morgan fingerprint density at radius 1 is 1.58 bits per heavy atom. The lowest BCUT2D eigenvalue weighted by atomic mass is 10.2. The number of carboxylic acid groups (broad SMARTS) is 1. The van der Waals surface area contributed by atoms with Crippen molar-refractivity contribution in [2.45, 2.75) is 6.54 Å². The van der Waals surface area contributed by atoms with Crippen molar-refractivity contribution in [1.82, 2.24) is 5.16 Å². The van der Waals surface area contributed by atoms with Crippen LogP contribution in [0, 0.1) is 5.82 Å². The first-order valence-corrected chi connectivity index (χ1v) is 5.36. The fourth-order valence-corrected chi connectivity index (χ4v) is 1.52. The second-order valence-electron chi connectivity index (χ2n) is 3.67. The highest BCUT2D eigenvalue weighted by atomic mass is 19.1. The Morgan fingerprint density at radius 2 is 2.37 bits per heavy atom. The molecule has 0 spiro atoms. The minimum atomic E-state index is -1.12. The number of carboxylic acids is 1. The quantitative estimate of drug-likeness (QED) is 0.862. The first-order chi connectivity index (χ1) is 9.11. The van der Waals surface area contributed by atoms with E-state index in [2.05, 4.69) is 10.5 Å². The second-order valence-corrected chi connectivity index (χ2v) is 3.67. The first-order valence-electron chi connectivity index (χ1n) is 5.36. The monoisotopic (exact) mass is 266 g/mol. The molecule has 7 heteroatoms. The Labute approximate surface area is 107 Å². The predicted molar refractivity (Wildman–Crippen MR) is 63.7 cm³/mol. The van der Waals surface area contributed by atoms with Crippen LogP contribution >= 0.6 is 0 Å². The topological polar surface area (TPSA) is 84.6 Å². The Balaban J connectivity index is 2.10. The summed E-state index contributed by atoms with van der Waals surface area (Å²) in [6.07, 6.45) is 1.13. The highest BCUT2D eigenvalue weighted by molar-refractivity contribution is 5.88. The van der Waals surface area contributed by atoms with E-state index in [4.69, 9.17) is 14.4 Å². The van der Waals surface area contributed by atoms with Gasteiger partial charge in [0.1, 0.15) is 5.56 Å². The lowest BCUT2D eigenvalue weighted by Crippen LogP contribution is -2.05. The molecule has 0 saturated carbocycles. The summed E-state index contributed by atoms with van der Waals surface area (Å²) in [5.74, 6) is -1.30. The van der Waals surface area contributed by atoms with Crippen LogP contribution in [0.1, 0.15) is 16.1 Å². The molecule has 0 aliphatic rings. The summed E-state index contributed by atoms with van der Waals surface area (Å²) in [4.78, 5) is 10.8. The highest BCUT2D eigenvalue weighted by Crippen LogP contribution is 2.22. The molecular formula is C12H11FN2O4. The van der Waals surface area contributed by atoms with E-state index in [-0.39, 0.29) is 23.6 Å². The molecule has 0 aliphatic carbocycles. The van der Waals surface area contributed by atoms with Gasteiger partial charge < -0.3 is 19.7 Å². The largest absolute Gasteiger partial charge is 0.494 e. The molecule has 0 fully saturated rings. The molecule has 0 unspecified atom stereocenters. The summed E-state index contributed by atoms with van der Waals surface area (Å²) in [5.41, 5.74) is 0.563. The van der Waals surface area contributed by atoms with E-state index >= 15 is 0 Å². The Morgan fingerprint density at radius 3 is 3.05 bits per heavy atom. The standard InChI is InChI=1S/C12H11FN2O4/c1-18-10-4-7(2-3-9(10)13)14-6-11-8(12(16)17)5-15-19-11/h2-5,14H,6H2,1H3,(H,16,17). The number of methoxy groups -OCH3 is 1. The number of ether oxygens (including phenoxy) is 1. The summed E-state index contributed by atoms with van der Waals surface area (Å²) in [6, 6.07) is 4.22. The second kappa shape index (κ2) is 5.38. The maximum absolute atomic E-state index is 13.2. The van der Waals surface area contributed by atoms with Gasteiger partial charge in [0.15, 0.2) is 17.3 Å². The van der Waals surface area contributed by atoms with Crippen LogP contribution in [0.25, 0.3) is 0 Å². The summed E-state index contributed by atoms with van der Waals surface area (Å²) in [5, 5.41) is 15.2. The van der Waals surface area contributed by atoms with Gasteiger partial charge in [-0.1, -0.05) is 5.16 Å². The van der Waals surface area contributed by atoms with Crippen molar-refractivity contribution in [1.29, 1.82) is 0 Å². The van der Waals surface area contributed by atoms with E-state index in [1.807, 2.05) is 0 Å². The maximum atomic E-state index is 13.2. The van der Waals surface area contributed by atoms with Gasteiger partial charge in [0.25, 0.3) is 0 Å². The van der Waals surface area contributed by atoms with E-state index in [1.165, 1.54) is 25.3 Å². The van der Waals surface area contributed by atoms with Gasteiger partial charge in [0.2, 0.25) is 0 Å².